The van der Waals surface area contributed by atoms with Crippen molar-refractivity contribution in [3.8, 4) is 0 Å². The summed E-state index contributed by atoms with van der Waals surface area (Å²) in [7, 11) is 0. The van der Waals surface area contributed by atoms with Crippen molar-refractivity contribution in [2.24, 2.45) is 5.73 Å². The maximum atomic E-state index is 12.5. The number of hydrogen-bond acceptors (Lipinski definition) is 5. The molecule has 21 heavy (non-hydrogen) atoms. The zero-order valence-electron chi connectivity index (χ0n) is 11.3. The van der Waals surface area contributed by atoms with E-state index in [0.717, 1.165) is 19.3 Å². The summed E-state index contributed by atoms with van der Waals surface area (Å²) in [5, 5.41) is 3.15. The van der Waals surface area contributed by atoms with E-state index in [2.05, 4.69) is 10.3 Å². The van der Waals surface area contributed by atoms with Crippen molar-refractivity contribution in [2.45, 2.75) is 18.9 Å². The molecule has 0 bridgehead atoms. The molecular formula is C12H17N5O4. The fourth-order valence-electron chi connectivity index (χ4n) is 2.38. The fraction of sp³-hybridized carbons (Fsp3) is 0.500. The van der Waals surface area contributed by atoms with Crippen LogP contribution in [-0.4, -0.2) is 52.4 Å². The van der Waals surface area contributed by atoms with Crippen LogP contribution in [0.15, 0.2) is 15.8 Å². The van der Waals surface area contributed by atoms with Crippen LogP contribution in [0.2, 0.25) is 0 Å². The van der Waals surface area contributed by atoms with Crippen LogP contribution in [0.1, 0.15) is 23.2 Å². The van der Waals surface area contributed by atoms with Crippen LogP contribution in [0.25, 0.3) is 0 Å². The van der Waals surface area contributed by atoms with E-state index in [4.69, 9.17) is 5.73 Å². The highest BCUT2D eigenvalue weighted by Gasteiger charge is 2.28. The van der Waals surface area contributed by atoms with E-state index in [1.54, 1.807) is 0 Å². The topological polar surface area (TPSA) is 141 Å². The van der Waals surface area contributed by atoms with Crippen molar-refractivity contribution in [3.05, 3.63) is 32.6 Å². The van der Waals surface area contributed by atoms with E-state index >= 15 is 0 Å². The molecule has 1 aliphatic heterocycles. The number of nitrogens with zero attached hydrogens (tertiary/aromatic N) is 1. The van der Waals surface area contributed by atoms with Crippen molar-refractivity contribution < 1.29 is 9.59 Å². The van der Waals surface area contributed by atoms with Gasteiger partial charge in [-0.25, -0.2) is 4.79 Å². The first-order valence-corrected chi connectivity index (χ1v) is 6.61. The molecule has 114 valence electrons. The van der Waals surface area contributed by atoms with E-state index in [1.807, 2.05) is 4.98 Å². The van der Waals surface area contributed by atoms with Gasteiger partial charge < -0.3 is 20.9 Å². The van der Waals surface area contributed by atoms with Gasteiger partial charge in [-0.3, -0.25) is 19.4 Å². The number of aromatic amines is 2. The lowest BCUT2D eigenvalue weighted by atomic mass is 10.0. The summed E-state index contributed by atoms with van der Waals surface area (Å²) < 4.78 is 0. The summed E-state index contributed by atoms with van der Waals surface area (Å²) in [5.74, 6) is -1.26. The van der Waals surface area contributed by atoms with E-state index in [0.29, 0.717) is 12.8 Å². The Labute approximate surface area is 119 Å². The van der Waals surface area contributed by atoms with Gasteiger partial charge in [0.2, 0.25) is 5.91 Å². The van der Waals surface area contributed by atoms with Gasteiger partial charge in [-0.05, 0) is 25.9 Å². The molecule has 5 N–H and O–H groups in total. The number of carbonyl (C=O) groups is 2. The highest BCUT2D eigenvalue weighted by atomic mass is 16.2. The minimum absolute atomic E-state index is 0.169. The molecule has 0 aromatic carbocycles. The molecule has 2 rings (SSSR count). The summed E-state index contributed by atoms with van der Waals surface area (Å²) in [4.78, 5) is 51.9. The quantitative estimate of drug-likeness (QED) is 0.496. The number of H-pyrrole nitrogens is 2. The second kappa shape index (κ2) is 6.35. The number of rotatable bonds is 4. The number of piperidine rings is 1. The molecule has 1 aromatic rings. The van der Waals surface area contributed by atoms with Crippen LogP contribution in [0.3, 0.4) is 0 Å². The molecule has 1 saturated heterocycles. The number of nitrogens with one attached hydrogen (secondary N) is 3. The van der Waals surface area contributed by atoms with Gasteiger partial charge in [0.25, 0.3) is 11.5 Å². The van der Waals surface area contributed by atoms with Crippen molar-refractivity contribution in [1.82, 2.24) is 20.2 Å². The number of aromatic nitrogens is 2. The molecule has 2 heterocycles. The molecule has 0 radical (unpaired) electrons. The van der Waals surface area contributed by atoms with E-state index in [-0.39, 0.29) is 18.2 Å². The summed E-state index contributed by atoms with van der Waals surface area (Å²) >= 11 is 0. The van der Waals surface area contributed by atoms with Gasteiger partial charge in [0.1, 0.15) is 5.56 Å². The SMILES string of the molecule is NC(=O)CN(C(=O)c1c[nH]c(=O)[nH]c1=O)C1CCNCC1. The molecule has 0 unspecified atom stereocenters. The van der Waals surface area contributed by atoms with E-state index < -0.39 is 23.1 Å². The van der Waals surface area contributed by atoms with Crippen molar-refractivity contribution in [2.75, 3.05) is 19.6 Å². The Hall–Kier alpha value is -2.42. The van der Waals surface area contributed by atoms with Gasteiger partial charge in [-0.2, -0.15) is 0 Å². The summed E-state index contributed by atoms with van der Waals surface area (Å²) in [6.45, 7) is 1.17. The van der Waals surface area contributed by atoms with Gasteiger partial charge in [-0.1, -0.05) is 0 Å². The van der Waals surface area contributed by atoms with Crippen molar-refractivity contribution in [1.29, 1.82) is 0 Å². The predicted molar refractivity (Wildman–Crippen MR) is 73.8 cm³/mol. The second-order valence-corrected chi connectivity index (χ2v) is 4.87. The molecule has 0 aliphatic carbocycles. The molecule has 1 aliphatic rings. The maximum absolute atomic E-state index is 12.5. The molecule has 1 aromatic heterocycles. The zero-order valence-corrected chi connectivity index (χ0v) is 11.3. The number of nitrogens with two attached hydrogens (primary N) is 1. The average Bonchev–Trinajstić information content (AvgIpc) is 2.45. The Morgan fingerprint density at radius 2 is 1.95 bits per heavy atom. The Kier molecular flexibility index (Phi) is 4.53. The lowest BCUT2D eigenvalue weighted by molar-refractivity contribution is -0.119. The summed E-state index contributed by atoms with van der Waals surface area (Å²) in [6.07, 6.45) is 2.39. The third-order valence-corrected chi connectivity index (χ3v) is 3.39. The van der Waals surface area contributed by atoms with Crippen LogP contribution in [0.5, 0.6) is 0 Å². The van der Waals surface area contributed by atoms with Crippen LogP contribution < -0.4 is 22.3 Å². The van der Waals surface area contributed by atoms with Crippen molar-refractivity contribution in [3.63, 3.8) is 0 Å². The smallest absolute Gasteiger partial charge is 0.325 e. The van der Waals surface area contributed by atoms with Crippen molar-refractivity contribution >= 4 is 11.8 Å². The maximum Gasteiger partial charge on any atom is 0.325 e. The number of hydrogen-bond donors (Lipinski definition) is 4. The Bertz CT molecular complexity index is 644. The van der Waals surface area contributed by atoms with Crippen LogP contribution in [0, 0.1) is 0 Å². The largest absolute Gasteiger partial charge is 0.368 e. The lowest BCUT2D eigenvalue weighted by Gasteiger charge is -2.33. The fourth-order valence-corrected chi connectivity index (χ4v) is 2.38. The zero-order chi connectivity index (χ0) is 15.4. The third-order valence-electron chi connectivity index (χ3n) is 3.39. The van der Waals surface area contributed by atoms with Crippen LogP contribution >= 0.6 is 0 Å². The van der Waals surface area contributed by atoms with E-state index in [1.165, 1.54) is 4.90 Å². The number of primary amides is 1. The highest BCUT2D eigenvalue weighted by molar-refractivity contribution is 5.96. The lowest BCUT2D eigenvalue weighted by Crippen LogP contribution is -2.50. The Morgan fingerprint density at radius 1 is 1.29 bits per heavy atom. The van der Waals surface area contributed by atoms with Crippen LogP contribution in [-0.2, 0) is 4.79 Å². The first-order valence-electron chi connectivity index (χ1n) is 6.61. The van der Waals surface area contributed by atoms with Crippen LogP contribution in [0.4, 0.5) is 0 Å². The van der Waals surface area contributed by atoms with Gasteiger partial charge in [0, 0.05) is 12.2 Å². The molecule has 0 saturated carbocycles. The molecular weight excluding hydrogens is 278 g/mol. The molecule has 0 atom stereocenters. The molecule has 0 spiro atoms. The summed E-state index contributed by atoms with van der Waals surface area (Å²) in [6, 6.07) is -0.169. The molecule has 1 fully saturated rings. The van der Waals surface area contributed by atoms with E-state index in [9.17, 15) is 19.2 Å². The van der Waals surface area contributed by atoms with Gasteiger partial charge in [-0.15, -0.1) is 0 Å². The normalized spacial score (nSPS) is 15.6. The Balaban J connectivity index is 2.30. The van der Waals surface area contributed by atoms with Gasteiger partial charge in [0.05, 0.1) is 6.54 Å². The predicted octanol–water partition coefficient (Wildman–Crippen LogP) is -2.26. The monoisotopic (exact) mass is 295 g/mol. The standard InChI is InChI=1S/C12H17N5O4/c13-9(18)6-17(7-1-3-14-4-2-7)11(20)8-5-15-12(21)16-10(8)19/h5,7,14H,1-4,6H2,(H2,13,18)(H2,15,16,19,21). The molecule has 9 nitrogen and oxygen atoms in total. The minimum atomic E-state index is -0.785. The minimum Gasteiger partial charge on any atom is -0.368 e. The van der Waals surface area contributed by atoms with Gasteiger partial charge in [0.15, 0.2) is 0 Å². The number of amides is 2. The highest BCUT2D eigenvalue weighted by Crippen LogP contribution is 2.13. The van der Waals surface area contributed by atoms with Gasteiger partial charge >= 0.3 is 5.69 Å². The third kappa shape index (κ3) is 3.57. The Morgan fingerprint density at radius 3 is 2.52 bits per heavy atom. The second-order valence-electron chi connectivity index (χ2n) is 4.87. The molecule has 9 heteroatoms. The summed E-state index contributed by atoms with van der Waals surface area (Å²) in [5.41, 5.74) is 3.49. The number of carbonyl (C=O) groups excluding carboxylic acids is 2. The molecule has 2 amide bonds. The first kappa shape index (κ1) is 15.0. The average molecular weight is 295 g/mol. The first-order chi connectivity index (χ1) is 9.99.